The van der Waals surface area contributed by atoms with Gasteiger partial charge in [0.1, 0.15) is 0 Å². The second-order valence-electron chi connectivity index (χ2n) is 13.3. The molecule has 7 aromatic rings. The van der Waals surface area contributed by atoms with Crippen molar-refractivity contribution < 1.29 is 0 Å². The summed E-state index contributed by atoms with van der Waals surface area (Å²) >= 11 is 0. The van der Waals surface area contributed by atoms with Gasteiger partial charge in [-0.3, -0.25) is 0 Å². The van der Waals surface area contributed by atoms with E-state index in [9.17, 15) is 0 Å². The molecule has 254 valence electrons. The van der Waals surface area contributed by atoms with Crippen molar-refractivity contribution in [3.63, 3.8) is 0 Å². The van der Waals surface area contributed by atoms with E-state index < -0.39 is 0 Å². The number of rotatable bonds is 10. The molecular formula is C50H44N2. The Morgan fingerprint density at radius 3 is 0.808 bits per heavy atom. The lowest BCUT2D eigenvalue weighted by molar-refractivity contribution is 1.22. The fourth-order valence-electron chi connectivity index (χ4n) is 6.86. The van der Waals surface area contributed by atoms with Crippen LogP contribution in [0.4, 0.5) is 34.1 Å². The average Bonchev–Trinajstić information content (AvgIpc) is 3.18. The zero-order valence-corrected chi connectivity index (χ0v) is 30.4. The second kappa shape index (κ2) is 15.7. The minimum Gasteiger partial charge on any atom is -0.310 e. The molecule has 0 amide bonds. The van der Waals surface area contributed by atoms with Crippen LogP contribution in [0.3, 0.4) is 0 Å². The number of hydrogen-bond acceptors (Lipinski definition) is 2. The summed E-state index contributed by atoms with van der Waals surface area (Å²) < 4.78 is 0. The van der Waals surface area contributed by atoms with Gasteiger partial charge < -0.3 is 9.80 Å². The molecule has 0 spiro atoms. The maximum atomic E-state index is 2.35. The molecule has 0 radical (unpaired) electrons. The summed E-state index contributed by atoms with van der Waals surface area (Å²) in [7, 11) is 0. The van der Waals surface area contributed by atoms with Crippen LogP contribution in [0.15, 0.2) is 170 Å². The SMILES string of the molecule is Cc1cccc(C)c1N(c1ccccc1)c1ccc(/C=C/c2ccc(/C=C/c3ccc(N(c4ccccc4)c4c(C)cccc4C)cc3)cc2)cc1. The van der Waals surface area contributed by atoms with E-state index in [4.69, 9.17) is 0 Å². The summed E-state index contributed by atoms with van der Waals surface area (Å²) in [6.45, 7) is 8.73. The summed E-state index contributed by atoms with van der Waals surface area (Å²) in [6, 6.07) is 60.5. The average molecular weight is 673 g/mol. The van der Waals surface area contributed by atoms with E-state index in [-0.39, 0.29) is 0 Å². The van der Waals surface area contributed by atoms with Crippen molar-refractivity contribution in [3.05, 3.63) is 214 Å². The van der Waals surface area contributed by atoms with Crippen molar-refractivity contribution in [1.82, 2.24) is 0 Å². The Hall–Kier alpha value is -6.38. The van der Waals surface area contributed by atoms with Crippen LogP contribution in [0.25, 0.3) is 24.3 Å². The van der Waals surface area contributed by atoms with E-state index in [0.717, 1.165) is 33.9 Å². The highest BCUT2D eigenvalue weighted by Gasteiger charge is 2.17. The number of para-hydroxylation sites is 4. The molecule has 0 atom stereocenters. The third-order valence-corrected chi connectivity index (χ3v) is 9.53. The Kier molecular flexibility index (Phi) is 10.3. The van der Waals surface area contributed by atoms with Crippen molar-refractivity contribution in [2.24, 2.45) is 0 Å². The van der Waals surface area contributed by atoms with E-state index in [1.54, 1.807) is 0 Å². The maximum Gasteiger partial charge on any atom is 0.0519 e. The minimum absolute atomic E-state index is 1.14. The molecular weight excluding hydrogens is 629 g/mol. The summed E-state index contributed by atoms with van der Waals surface area (Å²) in [5.41, 5.74) is 16.7. The monoisotopic (exact) mass is 672 g/mol. The van der Waals surface area contributed by atoms with Gasteiger partial charge in [0.25, 0.3) is 0 Å². The highest BCUT2D eigenvalue weighted by atomic mass is 15.2. The number of aryl methyl sites for hydroxylation is 4. The zero-order valence-electron chi connectivity index (χ0n) is 30.4. The van der Waals surface area contributed by atoms with Gasteiger partial charge in [-0.05, 0) is 121 Å². The molecule has 0 aromatic heterocycles. The molecule has 0 saturated heterocycles. The first-order chi connectivity index (χ1) is 25.4. The molecule has 2 nitrogen and oxygen atoms in total. The van der Waals surface area contributed by atoms with Gasteiger partial charge >= 0.3 is 0 Å². The lowest BCUT2D eigenvalue weighted by Gasteiger charge is -2.28. The van der Waals surface area contributed by atoms with Crippen molar-refractivity contribution in [1.29, 1.82) is 0 Å². The van der Waals surface area contributed by atoms with Crippen LogP contribution >= 0.6 is 0 Å². The van der Waals surface area contributed by atoms with Crippen molar-refractivity contribution in [3.8, 4) is 0 Å². The minimum atomic E-state index is 1.14. The van der Waals surface area contributed by atoms with Gasteiger partial charge in [0, 0.05) is 22.7 Å². The van der Waals surface area contributed by atoms with E-state index in [2.05, 4.69) is 232 Å². The number of benzene rings is 7. The first kappa shape index (κ1) is 34.1. The lowest BCUT2D eigenvalue weighted by Crippen LogP contribution is -2.12. The molecule has 0 unspecified atom stereocenters. The Morgan fingerprint density at radius 2 is 0.519 bits per heavy atom. The maximum absolute atomic E-state index is 2.35. The summed E-state index contributed by atoms with van der Waals surface area (Å²) in [5.74, 6) is 0. The van der Waals surface area contributed by atoms with Gasteiger partial charge in [0.05, 0.1) is 11.4 Å². The molecule has 0 aliphatic rings. The lowest BCUT2D eigenvalue weighted by atomic mass is 10.0. The molecule has 0 aliphatic heterocycles. The molecule has 0 aliphatic carbocycles. The Balaban J connectivity index is 1.04. The van der Waals surface area contributed by atoms with Gasteiger partial charge in [-0.2, -0.15) is 0 Å². The van der Waals surface area contributed by atoms with Crippen molar-refractivity contribution >= 4 is 58.4 Å². The smallest absolute Gasteiger partial charge is 0.0519 e. The first-order valence-electron chi connectivity index (χ1n) is 17.9. The molecule has 0 bridgehead atoms. The second-order valence-corrected chi connectivity index (χ2v) is 13.3. The molecule has 52 heavy (non-hydrogen) atoms. The summed E-state index contributed by atoms with van der Waals surface area (Å²) in [5, 5.41) is 0. The van der Waals surface area contributed by atoms with E-state index in [1.165, 1.54) is 44.8 Å². The van der Waals surface area contributed by atoms with Crippen molar-refractivity contribution in [2.45, 2.75) is 27.7 Å². The molecule has 7 rings (SSSR count). The van der Waals surface area contributed by atoms with Gasteiger partial charge in [-0.1, -0.05) is 146 Å². The number of anilines is 6. The highest BCUT2D eigenvalue weighted by Crippen LogP contribution is 2.40. The van der Waals surface area contributed by atoms with Crippen LogP contribution in [0.1, 0.15) is 44.5 Å². The Bertz CT molecular complexity index is 2090. The normalized spacial score (nSPS) is 11.3. The molecule has 0 N–H and O–H groups in total. The molecule has 0 fully saturated rings. The standard InChI is InChI=1S/C50H44N2/c1-37-13-11-14-38(2)49(37)51(45-17-7-5-8-18-45)47-33-29-43(30-34-47)27-25-41-21-23-42(24-22-41)26-28-44-31-35-48(36-32-44)52(46-19-9-6-10-20-46)50-39(3)15-12-16-40(50)4/h5-36H,1-4H3/b27-25+,28-26+. The molecule has 0 heterocycles. The number of hydrogen-bond donors (Lipinski definition) is 0. The van der Waals surface area contributed by atoms with Crippen LogP contribution in [-0.4, -0.2) is 0 Å². The molecule has 0 saturated carbocycles. The van der Waals surface area contributed by atoms with Crippen LogP contribution in [0.2, 0.25) is 0 Å². The van der Waals surface area contributed by atoms with E-state index >= 15 is 0 Å². The molecule has 7 aromatic carbocycles. The van der Waals surface area contributed by atoms with Crippen molar-refractivity contribution in [2.75, 3.05) is 9.80 Å². The Labute approximate surface area is 309 Å². The largest absolute Gasteiger partial charge is 0.310 e. The van der Waals surface area contributed by atoms with Crippen LogP contribution in [-0.2, 0) is 0 Å². The van der Waals surface area contributed by atoms with Gasteiger partial charge in [-0.25, -0.2) is 0 Å². The predicted molar refractivity (Wildman–Crippen MR) is 225 cm³/mol. The number of nitrogens with zero attached hydrogens (tertiary/aromatic N) is 2. The van der Waals surface area contributed by atoms with Crippen LogP contribution in [0, 0.1) is 27.7 Å². The van der Waals surface area contributed by atoms with Gasteiger partial charge in [-0.15, -0.1) is 0 Å². The first-order valence-corrected chi connectivity index (χ1v) is 17.9. The van der Waals surface area contributed by atoms with E-state index in [1.807, 2.05) is 0 Å². The fraction of sp³-hybridized carbons (Fsp3) is 0.0800. The van der Waals surface area contributed by atoms with Crippen LogP contribution < -0.4 is 9.80 Å². The fourth-order valence-corrected chi connectivity index (χ4v) is 6.86. The zero-order chi connectivity index (χ0) is 35.9. The third kappa shape index (κ3) is 7.67. The van der Waals surface area contributed by atoms with Gasteiger partial charge in [0.2, 0.25) is 0 Å². The topological polar surface area (TPSA) is 6.48 Å². The predicted octanol–water partition coefficient (Wildman–Crippen LogP) is 14.2. The molecule has 2 heteroatoms. The Morgan fingerprint density at radius 1 is 0.269 bits per heavy atom. The summed E-state index contributed by atoms with van der Waals surface area (Å²) in [6.07, 6.45) is 8.71. The van der Waals surface area contributed by atoms with Gasteiger partial charge in [0.15, 0.2) is 0 Å². The summed E-state index contributed by atoms with van der Waals surface area (Å²) in [4.78, 5) is 4.70. The quantitative estimate of drug-likeness (QED) is 0.133. The highest BCUT2D eigenvalue weighted by molar-refractivity contribution is 5.83. The van der Waals surface area contributed by atoms with E-state index in [0.29, 0.717) is 0 Å². The van der Waals surface area contributed by atoms with Crippen LogP contribution in [0.5, 0.6) is 0 Å². The third-order valence-electron chi connectivity index (χ3n) is 9.53.